The standard InChI is InChI=1S/C20H16ClF3N4O3/c21-10-2-15(14-8-26-28-16(14)3-10)19(30)4-12-13(5-19)17(12)27-18(29)9-1-11(7-25-6-9)31-20(22,23)24/h1-3,6-8,12-13,17,30H,4-5H2,(H,26,28)(H,27,29)/t12-,13+,17+,19-. The highest BCUT2D eigenvalue weighted by atomic mass is 35.5. The van der Waals surface area contributed by atoms with E-state index >= 15 is 0 Å². The maximum Gasteiger partial charge on any atom is 0.573 e. The van der Waals surface area contributed by atoms with Gasteiger partial charge in [-0.2, -0.15) is 5.10 Å². The van der Waals surface area contributed by atoms with Crippen LogP contribution in [0.1, 0.15) is 28.8 Å². The van der Waals surface area contributed by atoms with Gasteiger partial charge in [0, 0.05) is 22.6 Å². The van der Waals surface area contributed by atoms with E-state index in [0.29, 0.717) is 23.4 Å². The highest BCUT2D eigenvalue weighted by molar-refractivity contribution is 6.31. The third-order valence-corrected chi connectivity index (χ3v) is 6.23. The minimum Gasteiger partial charge on any atom is -0.404 e. The molecule has 2 aromatic heterocycles. The van der Waals surface area contributed by atoms with E-state index in [1.54, 1.807) is 18.3 Å². The third kappa shape index (κ3) is 3.70. The van der Waals surface area contributed by atoms with Crippen LogP contribution in [-0.4, -0.2) is 38.6 Å². The molecule has 4 atom stereocenters. The van der Waals surface area contributed by atoms with E-state index in [9.17, 15) is 23.1 Å². The summed E-state index contributed by atoms with van der Waals surface area (Å²) in [6, 6.07) is 4.29. The summed E-state index contributed by atoms with van der Waals surface area (Å²) in [6.45, 7) is 0. The van der Waals surface area contributed by atoms with Gasteiger partial charge in [0.1, 0.15) is 5.75 Å². The summed E-state index contributed by atoms with van der Waals surface area (Å²) in [5.41, 5.74) is 0.306. The molecule has 162 valence electrons. The summed E-state index contributed by atoms with van der Waals surface area (Å²) in [4.78, 5) is 16.1. The van der Waals surface area contributed by atoms with Crippen molar-refractivity contribution >= 4 is 28.4 Å². The molecule has 31 heavy (non-hydrogen) atoms. The molecule has 1 aromatic carbocycles. The van der Waals surface area contributed by atoms with Crippen molar-refractivity contribution in [2.75, 3.05) is 0 Å². The molecule has 2 saturated carbocycles. The second-order valence-corrected chi connectivity index (χ2v) is 8.44. The van der Waals surface area contributed by atoms with E-state index < -0.39 is 23.6 Å². The molecule has 0 saturated heterocycles. The Balaban J connectivity index is 1.27. The lowest BCUT2D eigenvalue weighted by atomic mass is 9.86. The molecular formula is C20H16ClF3N4O3. The number of carbonyl (C=O) groups excluding carboxylic acids is 1. The molecule has 0 aliphatic heterocycles. The summed E-state index contributed by atoms with van der Waals surface area (Å²) < 4.78 is 40.9. The monoisotopic (exact) mass is 452 g/mol. The minimum absolute atomic E-state index is 0.0306. The summed E-state index contributed by atoms with van der Waals surface area (Å²) in [6.07, 6.45) is -0.301. The maximum atomic E-state index is 12.5. The Morgan fingerprint density at radius 2 is 1.97 bits per heavy atom. The van der Waals surface area contributed by atoms with E-state index in [0.717, 1.165) is 23.2 Å². The summed E-state index contributed by atoms with van der Waals surface area (Å²) in [5, 5.41) is 22.2. The van der Waals surface area contributed by atoms with Gasteiger partial charge in [0.15, 0.2) is 0 Å². The molecule has 0 spiro atoms. The van der Waals surface area contributed by atoms with E-state index in [2.05, 4.69) is 25.2 Å². The Hall–Kier alpha value is -2.85. The van der Waals surface area contributed by atoms with Crippen LogP contribution < -0.4 is 10.1 Å². The van der Waals surface area contributed by atoms with Crippen LogP contribution in [0.25, 0.3) is 10.9 Å². The molecule has 7 nitrogen and oxygen atoms in total. The molecule has 0 bridgehead atoms. The van der Waals surface area contributed by atoms with E-state index in [-0.39, 0.29) is 23.4 Å². The molecular weight excluding hydrogens is 437 g/mol. The number of ether oxygens (including phenoxy) is 1. The van der Waals surface area contributed by atoms with Gasteiger partial charge in [-0.25, -0.2) is 0 Å². The Morgan fingerprint density at radius 3 is 2.68 bits per heavy atom. The van der Waals surface area contributed by atoms with Crippen LogP contribution in [0.2, 0.25) is 5.02 Å². The van der Waals surface area contributed by atoms with Crippen molar-refractivity contribution in [3.63, 3.8) is 0 Å². The number of pyridine rings is 1. The SMILES string of the molecule is O=C(N[C@H]1[C@@H]2C[C@](O)(c3cc(Cl)cc4[nH]ncc34)C[C@@H]21)c1cncc(OC(F)(F)F)c1. The predicted molar refractivity (Wildman–Crippen MR) is 103 cm³/mol. The van der Waals surface area contributed by atoms with Crippen molar-refractivity contribution < 1.29 is 27.8 Å². The van der Waals surface area contributed by atoms with E-state index in [1.807, 2.05) is 0 Å². The number of nitrogens with zero attached hydrogens (tertiary/aromatic N) is 2. The molecule has 1 amide bonds. The summed E-state index contributed by atoms with van der Waals surface area (Å²) in [7, 11) is 0. The largest absolute Gasteiger partial charge is 0.573 e. The zero-order valence-electron chi connectivity index (χ0n) is 15.8. The Bertz CT molecular complexity index is 1170. The Labute approximate surface area is 178 Å². The number of fused-ring (bicyclic) bond motifs is 2. The number of H-pyrrole nitrogens is 1. The summed E-state index contributed by atoms with van der Waals surface area (Å²) >= 11 is 6.18. The summed E-state index contributed by atoms with van der Waals surface area (Å²) in [5.74, 6) is -0.992. The molecule has 2 heterocycles. The first-order valence-electron chi connectivity index (χ1n) is 9.50. The smallest absolute Gasteiger partial charge is 0.404 e. The number of halogens is 4. The number of rotatable bonds is 4. The zero-order chi connectivity index (χ0) is 22.0. The Morgan fingerprint density at radius 1 is 1.23 bits per heavy atom. The third-order valence-electron chi connectivity index (χ3n) is 6.01. The molecule has 2 aliphatic carbocycles. The number of alkyl halides is 3. The van der Waals surface area contributed by atoms with Gasteiger partial charge in [0.05, 0.1) is 29.1 Å². The maximum absolute atomic E-state index is 12.5. The Kier molecular flexibility index (Phi) is 4.42. The number of aromatic amines is 1. The average Bonchev–Trinajstić information content (AvgIpc) is 3.04. The molecule has 5 rings (SSSR count). The van der Waals surface area contributed by atoms with Gasteiger partial charge in [0.25, 0.3) is 5.91 Å². The number of hydrogen-bond acceptors (Lipinski definition) is 5. The van der Waals surface area contributed by atoms with Crippen LogP contribution in [0, 0.1) is 11.8 Å². The van der Waals surface area contributed by atoms with Gasteiger partial charge >= 0.3 is 6.36 Å². The number of hydrogen-bond donors (Lipinski definition) is 3. The molecule has 2 aliphatic rings. The highest BCUT2D eigenvalue weighted by Crippen LogP contribution is 2.60. The molecule has 3 aromatic rings. The zero-order valence-corrected chi connectivity index (χ0v) is 16.5. The van der Waals surface area contributed by atoms with Gasteiger partial charge in [-0.05, 0) is 48.4 Å². The van der Waals surface area contributed by atoms with Gasteiger partial charge in [0.2, 0.25) is 0 Å². The fraction of sp³-hybridized carbons (Fsp3) is 0.350. The lowest BCUT2D eigenvalue weighted by molar-refractivity contribution is -0.274. The van der Waals surface area contributed by atoms with Gasteiger partial charge in [-0.3, -0.25) is 14.9 Å². The van der Waals surface area contributed by atoms with Gasteiger partial charge < -0.3 is 15.2 Å². The van der Waals surface area contributed by atoms with Crippen LogP contribution >= 0.6 is 11.6 Å². The first-order valence-corrected chi connectivity index (χ1v) is 9.88. The molecule has 0 unspecified atom stereocenters. The lowest BCUT2D eigenvalue weighted by Gasteiger charge is -2.27. The van der Waals surface area contributed by atoms with Gasteiger partial charge in [-0.1, -0.05) is 11.6 Å². The van der Waals surface area contributed by atoms with Crippen molar-refractivity contribution in [1.29, 1.82) is 0 Å². The van der Waals surface area contributed by atoms with Crippen molar-refractivity contribution in [2.45, 2.75) is 30.8 Å². The van der Waals surface area contributed by atoms with Crippen molar-refractivity contribution in [1.82, 2.24) is 20.5 Å². The van der Waals surface area contributed by atoms with Crippen molar-refractivity contribution in [2.24, 2.45) is 11.8 Å². The number of aromatic nitrogens is 3. The topological polar surface area (TPSA) is 100 Å². The van der Waals surface area contributed by atoms with Crippen LogP contribution in [0.5, 0.6) is 5.75 Å². The average molecular weight is 453 g/mol. The molecule has 2 fully saturated rings. The van der Waals surface area contributed by atoms with Crippen LogP contribution in [0.4, 0.5) is 13.2 Å². The molecule has 0 radical (unpaired) electrons. The van der Waals surface area contributed by atoms with Crippen molar-refractivity contribution in [3.8, 4) is 5.75 Å². The number of amides is 1. The van der Waals surface area contributed by atoms with Gasteiger partial charge in [-0.15, -0.1) is 13.2 Å². The van der Waals surface area contributed by atoms with Crippen molar-refractivity contribution in [3.05, 3.63) is 52.9 Å². The fourth-order valence-electron chi connectivity index (χ4n) is 4.67. The quantitative estimate of drug-likeness (QED) is 0.562. The second-order valence-electron chi connectivity index (χ2n) is 8.01. The second kappa shape index (κ2) is 6.83. The number of aliphatic hydroxyl groups is 1. The van der Waals surface area contributed by atoms with Crippen LogP contribution in [0.15, 0.2) is 36.8 Å². The number of carbonyl (C=O) groups is 1. The number of nitrogens with one attached hydrogen (secondary N) is 2. The normalized spacial score (nSPS) is 27.2. The number of benzene rings is 1. The van der Waals surface area contributed by atoms with E-state index in [1.165, 1.54) is 6.20 Å². The molecule has 11 heteroatoms. The van der Waals surface area contributed by atoms with Crippen LogP contribution in [0.3, 0.4) is 0 Å². The highest BCUT2D eigenvalue weighted by Gasteiger charge is 2.62. The fourth-order valence-corrected chi connectivity index (χ4v) is 4.89. The van der Waals surface area contributed by atoms with E-state index in [4.69, 9.17) is 11.6 Å². The lowest BCUT2D eigenvalue weighted by Crippen LogP contribution is -2.33. The van der Waals surface area contributed by atoms with Crippen LogP contribution in [-0.2, 0) is 5.60 Å². The first kappa shape index (κ1) is 20.1. The predicted octanol–water partition coefficient (Wildman–Crippen LogP) is 3.54. The minimum atomic E-state index is -4.87. The molecule has 3 N–H and O–H groups in total. The first-order chi connectivity index (χ1) is 14.6.